The Balaban J connectivity index is 2.17. The standard InChI is InChI=1S/C12H20O3/c1-8(13)14-10-7-9-5-6-12(10,4)15-11(9,2)3/h9-10H,5-7H2,1-4H3/t9-,10-,12+/m1/s1. The summed E-state index contributed by atoms with van der Waals surface area (Å²) >= 11 is 0. The summed E-state index contributed by atoms with van der Waals surface area (Å²) in [6.45, 7) is 7.81. The van der Waals surface area contributed by atoms with E-state index in [-0.39, 0.29) is 23.3 Å². The second-order valence-electron chi connectivity index (χ2n) is 5.59. The lowest BCUT2D eigenvalue weighted by atomic mass is 9.67. The minimum Gasteiger partial charge on any atom is -0.459 e. The van der Waals surface area contributed by atoms with Gasteiger partial charge in [0.1, 0.15) is 11.7 Å². The highest BCUT2D eigenvalue weighted by molar-refractivity contribution is 5.66. The van der Waals surface area contributed by atoms with Crippen LogP contribution < -0.4 is 0 Å². The first-order valence-electron chi connectivity index (χ1n) is 5.71. The maximum Gasteiger partial charge on any atom is 0.303 e. The van der Waals surface area contributed by atoms with E-state index < -0.39 is 0 Å². The molecule has 3 heteroatoms. The van der Waals surface area contributed by atoms with Gasteiger partial charge in [-0.25, -0.2) is 0 Å². The molecule has 0 radical (unpaired) electrons. The molecule has 0 N–H and O–H groups in total. The van der Waals surface area contributed by atoms with Gasteiger partial charge in [-0.2, -0.15) is 0 Å². The van der Waals surface area contributed by atoms with Crippen molar-refractivity contribution in [2.24, 2.45) is 5.92 Å². The number of hydrogen-bond acceptors (Lipinski definition) is 3. The third kappa shape index (κ3) is 1.78. The molecule has 1 saturated carbocycles. The average Bonchev–Trinajstić information content (AvgIpc) is 2.04. The summed E-state index contributed by atoms with van der Waals surface area (Å²) in [6, 6.07) is 0. The third-order valence-electron chi connectivity index (χ3n) is 3.96. The molecule has 1 aliphatic carbocycles. The Morgan fingerprint density at radius 3 is 2.53 bits per heavy atom. The minimum atomic E-state index is -0.274. The number of carbonyl (C=O) groups is 1. The Labute approximate surface area is 91.1 Å². The van der Waals surface area contributed by atoms with Crippen LogP contribution in [0.2, 0.25) is 0 Å². The molecule has 2 aliphatic heterocycles. The molecule has 15 heavy (non-hydrogen) atoms. The van der Waals surface area contributed by atoms with Gasteiger partial charge in [0.25, 0.3) is 0 Å². The predicted octanol–water partition coefficient (Wildman–Crippen LogP) is 2.29. The van der Waals surface area contributed by atoms with Crippen LogP contribution in [0.3, 0.4) is 0 Å². The lowest BCUT2D eigenvalue weighted by molar-refractivity contribution is -0.277. The number of carbonyl (C=O) groups excluding carboxylic acids is 1. The predicted molar refractivity (Wildman–Crippen MR) is 56.5 cm³/mol. The van der Waals surface area contributed by atoms with Crippen LogP contribution in [0.25, 0.3) is 0 Å². The maximum atomic E-state index is 11.0. The summed E-state index contributed by atoms with van der Waals surface area (Å²) in [7, 11) is 0. The van der Waals surface area contributed by atoms with E-state index in [1.807, 2.05) is 0 Å². The van der Waals surface area contributed by atoms with Crippen molar-refractivity contribution in [3.8, 4) is 0 Å². The quantitative estimate of drug-likeness (QED) is 0.625. The molecule has 3 aliphatic rings. The SMILES string of the molecule is CC(=O)O[C@@H]1C[C@H]2CC[C@]1(C)OC2(C)C. The molecule has 2 heterocycles. The van der Waals surface area contributed by atoms with Crippen molar-refractivity contribution >= 4 is 5.97 Å². The summed E-state index contributed by atoms with van der Waals surface area (Å²) < 4.78 is 11.5. The van der Waals surface area contributed by atoms with Crippen LogP contribution in [0.1, 0.15) is 47.0 Å². The zero-order valence-corrected chi connectivity index (χ0v) is 10.0. The van der Waals surface area contributed by atoms with Gasteiger partial charge in [0, 0.05) is 6.92 Å². The lowest BCUT2D eigenvalue weighted by Crippen LogP contribution is -2.62. The van der Waals surface area contributed by atoms with Crippen LogP contribution in [0.4, 0.5) is 0 Å². The number of esters is 1. The zero-order chi connectivity index (χ0) is 11.3. The number of fused-ring (bicyclic) bond motifs is 3. The monoisotopic (exact) mass is 212 g/mol. The Hall–Kier alpha value is -0.570. The molecule has 3 nitrogen and oxygen atoms in total. The largest absolute Gasteiger partial charge is 0.459 e. The van der Waals surface area contributed by atoms with E-state index >= 15 is 0 Å². The van der Waals surface area contributed by atoms with E-state index in [9.17, 15) is 4.79 Å². The number of rotatable bonds is 1. The van der Waals surface area contributed by atoms with Crippen LogP contribution in [0.15, 0.2) is 0 Å². The van der Waals surface area contributed by atoms with Crippen molar-refractivity contribution in [1.29, 1.82) is 0 Å². The van der Waals surface area contributed by atoms with E-state index in [1.54, 1.807) is 0 Å². The van der Waals surface area contributed by atoms with Gasteiger partial charge in [0.05, 0.1) is 5.60 Å². The van der Waals surface area contributed by atoms with E-state index in [2.05, 4.69) is 20.8 Å². The molecule has 0 aromatic heterocycles. The topological polar surface area (TPSA) is 35.5 Å². The molecule has 3 rings (SSSR count). The van der Waals surface area contributed by atoms with Gasteiger partial charge in [-0.05, 0) is 46.0 Å². The maximum absolute atomic E-state index is 11.0. The first-order chi connectivity index (χ1) is 6.83. The van der Waals surface area contributed by atoms with Gasteiger partial charge < -0.3 is 9.47 Å². The highest BCUT2D eigenvalue weighted by Gasteiger charge is 2.55. The van der Waals surface area contributed by atoms with Crippen LogP contribution in [-0.2, 0) is 14.3 Å². The van der Waals surface area contributed by atoms with E-state index in [4.69, 9.17) is 9.47 Å². The third-order valence-corrected chi connectivity index (χ3v) is 3.96. The molecule has 3 fully saturated rings. The first kappa shape index (κ1) is 10.9. The Morgan fingerprint density at radius 2 is 2.07 bits per heavy atom. The molecular formula is C12H20O3. The highest BCUT2D eigenvalue weighted by Crippen LogP contribution is 2.50. The molecule has 2 saturated heterocycles. The van der Waals surface area contributed by atoms with Crippen molar-refractivity contribution in [2.75, 3.05) is 0 Å². The number of ether oxygens (including phenoxy) is 2. The molecule has 3 atom stereocenters. The van der Waals surface area contributed by atoms with E-state index in [1.165, 1.54) is 13.3 Å². The average molecular weight is 212 g/mol. The van der Waals surface area contributed by atoms with Gasteiger partial charge in [0.2, 0.25) is 0 Å². The van der Waals surface area contributed by atoms with Crippen molar-refractivity contribution < 1.29 is 14.3 Å². The Morgan fingerprint density at radius 1 is 1.40 bits per heavy atom. The van der Waals surface area contributed by atoms with Crippen LogP contribution in [0.5, 0.6) is 0 Å². The van der Waals surface area contributed by atoms with Gasteiger partial charge in [-0.15, -0.1) is 0 Å². The number of hydrogen-bond donors (Lipinski definition) is 0. The van der Waals surface area contributed by atoms with Crippen molar-refractivity contribution in [2.45, 2.75) is 64.3 Å². The molecule has 0 aromatic rings. The van der Waals surface area contributed by atoms with Gasteiger partial charge >= 0.3 is 5.97 Å². The highest BCUT2D eigenvalue weighted by atomic mass is 16.6. The van der Waals surface area contributed by atoms with Crippen LogP contribution >= 0.6 is 0 Å². The van der Waals surface area contributed by atoms with Crippen LogP contribution in [-0.4, -0.2) is 23.3 Å². The molecule has 0 aromatic carbocycles. The first-order valence-corrected chi connectivity index (χ1v) is 5.71. The summed E-state index contributed by atoms with van der Waals surface area (Å²) in [5, 5.41) is 0. The fourth-order valence-electron chi connectivity index (χ4n) is 3.05. The molecule has 0 spiro atoms. The molecule has 0 amide bonds. The fraction of sp³-hybridized carbons (Fsp3) is 0.917. The Kier molecular flexibility index (Phi) is 2.34. The second-order valence-corrected chi connectivity index (χ2v) is 5.59. The lowest BCUT2D eigenvalue weighted by Gasteiger charge is -2.56. The van der Waals surface area contributed by atoms with Crippen molar-refractivity contribution in [1.82, 2.24) is 0 Å². The van der Waals surface area contributed by atoms with Crippen molar-refractivity contribution in [3.05, 3.63) is 0 Å². The van der Waals surface area contributed by atoms with E-state index in [0.717, 1.165) is 12.8 Å². The molecule has 2 bridgehead atoms. The van der Waals surface area contributed by atoms with Gasteiger partial charge in [-0.1, -0.05) is 0 Å². The molecule has 86 valence electrons. The van der Waals surface area contributed by atoms with Gasteiger partial charge in [0.15, 0.2) is 0 Å². The fourth-order valence-corrected chi connectivity index (χ4v) is 3.05. The second kappa shape index (κ2) is 3.21. The summed E-state index contributed by atoms with van der Waals surface area (Å²) in [5.74, 6) is 0.318. The minimum absolute atomic E-state index is 0.0539. The Bertz CT molecular complexity index is 285. The van der Waals surface area contributed by atoms with Crippen LogP contribution in [0, 0.1) is 5.92 Å². The summed E-state index contributed by atoms with van der Waals surface area (Å²) in [4.78, 5) is 11.0. The molecular weight excluding hydrogens is 192 g/mol. The zero-order valence-electron chi connectivity index (χ0n) is 10.0. The smallest absolute Gasteiger partial charge is 0.303 e. The van der Waals surface area contributed by atoms with Gasteiger partial charge in [-0.3, -0.25) is 4.79 Å². The molecule has 0 unspecified atom stereocenters. The van der Waals surface area contributed by atoms with Crippen molar-refractivity contribution in [3.63, 3.8) is 0 Å². The van der Waals surface area contributed by atoms with E-state index in [0.29, 0.717) is 5.92 Å². The summed E-state index contributed by atoms with van der Waals surface area (Å²) in [5.41, 5.74) is -0.340. The normalized spacial score (nSPS) is 42.7. The summed E-state index contributed by atoms with van der Waals surface area (Å²) in [6.07, 6.45) is 3.07.